The molecular formula is C11H24N2O. The molecule has 0 aliphatic heterocycles. The molecule has 3 heteroatoms. The number of carbonyl (C=O) groups is 1. The Labute approximate surface area is 87.4 Å². The maximum atomic E-state index is 11.5. The minimum atomic E-state index is -0.371. The summed E-state index contributed by atoms with van der Waals surface area (Å²) in [6.07, 6.45) is 2.21. The van der Waals surface area contributed by atoms with Crippen molar-refractivity contribution < 1.29 is 4.79 Å². The molecule has 0 heterocycles. The van der Waals surface area contributed by atoms with E-state index >= 15 is 0 Å². The van der Waals surface area contributed by atoms with Gasteiger partial charge in [-0.3, -0.25) is 4.79 Å². The zero-order valence-corrected chi connectivity index (χ0v) is 9.84. The standard InChI is InChI=1S/C11H24N2O/c1-5-9(6-2)7-13-11(14)10(12)8(3)4/h8-10H,5-7,12H2,1-4H3,(H,13,14)/t10-/m0/s1. The van der Waals surface area contributed by atoms with Gasteiger partial charge in [0.1, 0.15) is 0 Å². The lowest BCUT2D eigenvalue weighted by atomic mass is 10.0. The fourth-order valence-corrected chi connectivity index (χ4v) is 1.24. The maximum Gasteiger partial charge on any atom is 0.237 e. The Bertz CT molecular complexity index is 165. The van der Waals surface area contributed by atoms with E-state index in [-0.39, 0.29) is 17.9 Å². The number of nitrogens with two attached hydrogens (primary N) is 1. The number of rotatable bonds is 6. The largest absolute Gasteiger partial charge is 0.354 e. The maximum absolute atomic E-state index is 11.5. The van der Waals surface area contributed by atoms with Gasteiger partial charge in [-0.25, -0.2) is 0 Å². The van der Waals surface area contributed by atoms with Crippen LogP contribution in [0.1, 0.15) is 40.5 Å². The quantitative estimate of drug-likeness (QED) is 0.683. The Balaban J connectivity index is 3.83. The highest BCUT2D eigenvalue weighted by Crippen LogP contribution is 2.05. The first-order chi connectivity index (χ1) is 6.52. The Kier molecular flexibility index (Phi) is 6.54. The second kappa shape index (κ2) is 6.82. The molecule has 0 fully saturated rings. The highest BCUT2D eigenvalue weighted by atomic mass is 16.2. The molecule has 84 valence electrons. The molecule has 3 N–H and O–H groups in total. The summed E-state index contributed by atoms with van der Waals surface area (Å²) in [6.45, 7) is 8.96. The van der Waals surface area contributed by atoms with E-state index in [0.717, 1.165) is 19.4 Å². The third kappa shape index (κ3) is 4.61. The van der Waals surface area contributed by atoms with Crippen molar-refractivity contribution >= 4 is 5.91 Å². The van der Waals surface area contributed by atoms with Gasteiger partial charge in [0.15, 0.2) is 0 Å². The monoisotopic (exact) mass is 200 g/mol. The first kappa shape index (κ1) is 13.4. The average Bonchev–Trinajstić information content (AvgIpc) is 2.17. The second-order valence-electron chi connectivity index (χ2n) is 4.20. The molecule has 0 aromatic heterocycles. The van der Waals surface area contributed by atoms with Crippen LogP contribution in [0.4, 0.5) is 0 Å². The van der Waals surface area contributed by atoms with Crippen molar-refractivity contribution in [3.8, 4) is 0 Å². The van der Waals surface area contributed by atoms with E-state index in [9.17, 15) is 4.79 Å². The van der Waals surface area contributed by atoms with Crippen molar-refractivity contribution in [2.24, 2.45) is 17.6 Å². The summed E-state index contributed by atoms with van der Waals surface area (Å²) >= 11 is 0. The normalized spacial score (nSPS) is 13.4. The van der Waals surface area contributed by atoms with Gasteiger partial charge in [-0.15, -0.1) is 0 Å². The molecule has 0 spiro atoms. The lowest BCUT2D eigenvalue weighted by Gasteiger charge is -2.18. The molecule has 3 nitrogen and oxygen atoms in total. The second-order valence-corrected chi connectivity index (χ2v) is 4.20. The molecule has 0 rings (SSSR count). The molecule has 0 radical (unpaired) electrons. The van der Waals surface area contributed by atoms with Crippen molar-refractivity contribution in [3.63, 3.8) is 0 Å². The molecule has 0 aliphatic rings. The van der Waals surface area contributed by atoms with Gasteiger partial charge in [0.05, 0.1) is 6.04 Å². The van der Waals surface area contributed by atoms with Crippen LogP contribution >= 0.6 is 0 Å². The van der Waals surface area contributed by atoms with E-state index in [0.29, 0.717) is 5.92 Å². The third-order valence-corrected chi connectivity index (χ3v) is 2.74. The summed E-state index contributed by atoms with van der Waals surface area (Å²) in [5.41, 5.74) is 5.72. The smallest absolute Gasteiger partial charge is 0.237 e. The fraction of sp³-hybridized carbons (Fsp3) is 0.909. The number of hydrogen-bond donors (Lipinski definition) is 2. The Hall–Kier alpha value is -0.570. The zero-order chi connectivity index (χ0) is 11.1. The summed E-state index contributed by atoms with van der Waals surface area (Å²) in [6, 6.07) is -0.371. The summed E-state index contributed by atoms with van der Waals surface area (Å²) in [5, 5.41) is 2.90. The Morgan fingerprint density at radius 2 is 1.79 bits per heavy atom. The van der Waals surface area contributed by atoms with Crippen LogP contribution in [-0.4, -0.2) is 18.5 Å². The van der Waals surface area contributed by atoms with E-state index in [2.05, 4.69) is 19.2 Å². The fourth-order valence-electron chi connectivity index (χ4n) is 1.24. The van der Waals surface area contributed by atoms with Crippen molar-refractivity contribution in [1.82, 2.24) is 5.32 Å². The van der Waals surface area contributed by atoms with Crippen molar-refractivity contribution in [1.29, 1.82) is 0 Å². The number of hydrogen-bond acceptors (Lipinski definition) is 2. The van der Waals surface area contributed by atoms with E-state index < -0.39 is 0 Å². The molecule has 0 aromatic rings. The molecule has 14 heavy (non-hydrogen) atoms. The van der Waals surface area contributed by atoms with Gasteiger partial charge in [0.2, 0.25) is 5.91 Å². The van der Waals surface area contributed by atoms with Gasteiger partial charge in [-0.1, -0.05) is 40.5 Å². The number of amides is 1. The third-order valence-electron chi connectivity index (χ3n) is 2.74. The number of carbonyl (C=O) groups excluding carboxylic acids is 1. The van der Waals surface area contributed by atoms with E-state index in [1.54, 1.807) is 0 Å². The average molecular weight is 200 g/mol. The van der Waals surface area contributed by atoms with Crippen LogP contribution in [0.25, 0.3) is 0 Å². The van der Waals surface area contributed by atoms with Crippen LogP contribution < -0.4 is 11.1 Å². The van der Waals surface area contributed by atoms with Crippen LogP contribution in [-0.2, 0) is 4.79 Å². The molecule has 0 saturated carbocycles. The van der Waals surface area contributed by atoms with Crippen LogP contribution in [0.2, 0.25) is 0 Å². The Morgan fingerprint density at radius 1 is 1.29 bits per heavy atom. The predicted octanol–water partition coefficient (Wildman–Crippen LogP) is 1.52. The molecule has 0 aliphatic carbocycles. The molecule has 1 amide bonds. The topological polar surface area (TPSA) is 55.1 Å². The van der Waals surface area contributed by atoms with Gasteiger partial charge in [-0.05, 0) is 11.8 Å². The molecule has 1 atom stereocenters. The summed E-state index contributed by atoms with van der Waals surface area (Å²) in [7, 11) is 0. The minimum absolute atomic E-state index is 0.0214. The van der Waals surface area contributed by atoms with E-state index in [1.165, 1.54) is 0 Å². The van der Waals surface area contributed by atoms with Gasteiger partial charge < -0.3 is 11.1 Å². The first-order valence-corrected chi connectivity index (χ1v) is 5.56. The summed E-state index contributed by atoms with van der Waals surface area (Å²) in [4.78, 5) is 11.5. The lowest BCUT2D eigenvalue weighted by Crippen LogP contribution is -2.45. The van der Waals surface area contributed by atoms with Gasteiger partial charge >= 0.3 is 0 Å². The molecule has 0 saturated heterocycles. The first-order valence-electron chi connectivity index (χ1n) is 5.56. The molecule has 0 bridgehead atoms. The van der Waals surface area contributed by atoms with Crippen LogP contribution in [0.5, 0.6) is 0 Å². The van der Waals surface area contributed by atoms with Crippen molar-refractivity contribution in [2.45, 2.75) is 46.6 Å². The van der Waals surface area contributed by atoms with Crippen LogP contribution in [0, 0.1) is 11.8 Å². The molecule has 0 unspecified atom stereocenters. The zero-order valence-electron chi connectivity index (χ0n) is 9.84. The van der Waals surface area contributed by atoms with Gasteiger partial charge in [-0.2, -0.15) is 0 Å². The summed E-state index contributed by atoms with van der Waals surface area (Å²) in [5.74, 6) is 0.766. The Morgan fingerprint density at radius 3 is 2.14 bits per heavy atom. The van der Waals surface area contributed by atoms with Crippen LogP contribution in [0.3, 0.4) is 0 Å². The molecule has 0 aromatic carbocycles. The minimum Gasteiger partial charge on any atom is -0.354 e. The predicted molar refractivity (Wildman–Crippen MR) is 59.9 cm³/mol. The van der Waals surface area contributed by atoms with E-state index in [4.69, 9.17) is 5.73 Å². The number of nitrogens with one attached hydrogen (secondary N) is 1. The SMILES string of the molecule is CCC(CC)CNC(=O)[C@@H](N)C(C)C. The highest BCUT2D eigenvalue weighted by Gasteiger charge is 2.17. The molecular weight excluding hydrogens is 176 g/mol. The van der Waals surface area contributed by atoms with E-state index in [1.807, 2.05) is 13.8 Å². The summed E-state index contributed by atoms with van der Waals surface area (Å²) < 4.78 is 0. The van der Waals surface area contributed by atoms with Crippen molar-refractivity contribution in [3.05, 3.63) is 0 Å². The van der Waals surface area contributed by atoms with Crippen LogP contribution in [0.15, 0.2) is 0 Å². The van der Waals surface area contributed by atoms with Gasteiger partial charge in [0.25, 0.3) is 0 Å². The van der Waals surface area contributed by atoms with Crippen molar-refractivity contribution in [2.75, 3.05) is 6.54 Å². The highest BCUT2D eigenvalue weighted by molar-refractivity contribution is 5.81. The van der Waals surface area contributed by atoms with Gasteiger partial charge in [0, 0.05) is 6.54 Å². The lowest BCUT2D eigenvalue weighted by molar-refractivity contribution is -0.123.